The Bertz CT molecular complexity index is 2310. The number of nitrogens with two attached hydrogens (primary N) is 1. The summed E-state index contributed by atoms with van der Waals surface area (Å²) in [6.45, 7) is 7.28. The van der Waals surface area contributed by atoms with Crippen molar-refractivity contribution in [1.29, 1.82) is 0 Å². The zero-order chi connectivity index (χ0) is 39.6. The Balaban J connectivity index is 1.27. The van der Waals surface area contributed by atoms with Crippen molar-refractivity contribution in [2.24, 2.45) is 10.7 Å². The van der Waals surface area contributed by atoms with Gasteiger partial charge in [-0.1, -0.05) is 0 Å². The fraction of sp³-hybridized carbons (Fsp3) is 0.395. The summed E-state index contributed by atoms with van der Waals surface area (Å²) in [5, 5.41) is 7.61. The Kier molecular flexibility index (Phi) is 11.2. The van der Waals surface area contributed by atoms with Gasteiger partial charge < -0.3 is 40.5 Å². The van der Waals surface area contributed by atoms with Crippen LogP contribution < -0.4 is 31.3 Å². The Hall–Kier alpha value is -5.25. The SMILES string of the molecule is CN=CC(=CN)c1cc(Nc2nc(Nc3ccc4nccnc4c3P(C)(C)=O)c3cc[nH]c3n2)c(OCC(F)(F)F)cc1N1CCC(N2CCN(C)CC2)CC1. The van der Waals surface area contributed by atoms with Gasteiger partial charge >= 0.3 is 6.18 Å². The zero-order valence-corrected chi connectivity index (χ0v) is 32.7. The van der Waals surface area contributed by atoms with E-state index in [1.54, 1.807) is 75.5 Å². The van der Waals surface area contributed by atoms with Crippen molar-refractivity contribution in [2.45, 2.75) is 25.1 Å². The highest BCUT2D eigenvalue weighted by molar-refractivity contribution is 7.71. The molecule has 7 rings (SSSR count). The number of nitrogens with one attached hydrogen (secondary N) is 3. The van der Waals surface area contributed by atoms with Gasteiger partial charge in [0.25, 0.3) is 0 Å². The molecule has 0 radical (unpaired) electrons. The van der Waals surface area contributed by atoms with E-state index in [0.29, 0.717) is 74.8 Å². The molecule has 2 saturated heterocycles. The maximum absolute atomic E-state index is 13.7. The van der Waals surface area contributed by atoms with Gasteiger partial charge in [-0.15, -0.1) is 0 Å². The molecule has 2 aromatic carbocycles. The number of hydrogen-bond acceptors (Lipinski definition) is 13. The Morgan fingerprint density at radius 1 is 1.04 bits per heavy atom. The lowest BCUT2D eigenvalue weighted by atomic mass is 9.98. The van der Waals surface area contributed by atoms with E-state index in [9.17, 15) is 17.7 Å². The number of nitrogens with zero attached hydrogens (tertiary/aromatic N) is 8. The maximum Gasteiger partial charge on any atom is 0.422 e. The number of aromatic nitrogens is 5. The van der Waals surface area contributed by atoms with Crippen molar-refractivity contribution in [1.82, 2.24) is 34.7 Å². The number of aromatic amines is 1. The van der Waals surface area contributed by atoms with Gasteiger partial charge in [0.1, 0.15) is 29.9 Å². The monoisotopic (exact) mass is 790 g/mol. The predicted octanol–water partition coefficient (Wildman–Crippen LogP) is 5.79. The minimum Gasteiger partial charge on any atom is -0.482 e. The van der Waals surface area contributed by atoms with Crippen LogP contribution in [-0.4, -0.2) is 126 Å². The van der Waals surface area contributed by atoms with Crippen molar-refractivity contribution in [2.75, 3.05) is 88.8 Å². The molecule has 56 heavy (non-hydrogen) atoms. The average Bonchev–Trinajstić information content (AvgIpc) is 3.65. The second-order valence-electron chi connectivity index (χ2n) is 14.5. The molecule has 3 aromatic heterocycles. The molecule has 0 amide bonds. The van der Waals surface area contributed by atoms with E-state index >= 15 is 0 Å². The summed E-state index contributed by atoms with van der Waals surface area (Å²) in [6, 6.07) is 9.10. The van der Waals surface area contributed by atoms with E-state index in [1.807, 2.05) is 0 Å². The lowest BCUT2D eigenvalue weighted by Crippen LogP contribution is -2.52. The molecule has 2 aliphatic heterocycles. The van der Waals surface area contributed by atoms with Crippen LogP contribution in [0.5, 0.6) is 5.75 Å². The lowest BCUT2D eigenvalue weighted by molar-refractivity contribution is -0.153. The number of ether oxygens (including phenoxy) is 1. The molecule has 5 aromatic rings. The standard InChI is InChI=1S/C38H46F3N12O2P/c1-43-22-24(21-42)27-19-30(32(55-23-38(39,40)41)20-31(27)53-13-8-25(9-14-53)52-17-15-51(2)16-18-52)48-37-49-35-26(7-10-46-35)36(50-37)47-29-6-5-28-33(45-12-11-44-28)34(29)56(3,4)54/h5-7,10-12,19-22,25H,8-9,13-18,23,42H2,1-4H3,(H3,46,47,48,49,50). The van der Waals surface area contributed by atoms with Crippen LogP contribution in [0.4, 0.5) is 42.0 Å². The average molecular weight is 791 g/mol. The fourth-order valence-corrected chi connectivity index (χ4v) is 8.84. The molecule has 5 heterocycles. The summed E-state index contributed by atoms with van der Waals surface area (Å²) in [5.74, 6) is 0.381. The number of hydrogen-bond donors (Lipinski definition) is 4. The van der Waals surface area contributed by atoms with Crippen molar-refractivity contribution < 1.29 is 22.5 Å². The number of likely N-dealkylation sites (N-methyl/N-ethyl adjacent to an activating group) is 1. The van der Waals surface area contributed by atoms with Gasteiger partial charge in [0.2, 0.25) is 5.95 Å². The third kappa shape index (κ3) is 8.59. The van der Waals surface area contributed by atoms with Crippen LogP contribution in [0.15, 0.2) is 60.1 Å². The Morgan fingerprint density at radius 3 is 2.48 bits per heavy atom. The summed E-state index contributed by atoms with van der Waals surface area (Å²) >= 11 is 0. The van der Waals surface area contributed by atoms with Gasteiger partial charge in [0, 0.05) is 106 Å². The van der Waals surface area contributed by atoms with Gasteiger partial charge in [0.15, 0.2) is 6.61 Å². The van der Waals surface area contributed by atoms with Crippen LogP contribution in [0, 0.1) is 0 Å². The van der Waals surface area contributed by atoms with E-state index in [4.69, 9.17) is 15.5 Å². The molecule has 0 bridgehead atoms. The summed E-state index contributed by atoms with van der Waals surface area (Å²) in [7, 11) is 0.855. The third-order valence-corrected chi connectivity index (χ3v) is 11.7. The molecule has 296 valence electrons. The van der Waals surface area contributed by atoms with Crippen molar-refractivity contribution >= 4 is 75.1 Å². The molecule has 0 aliphatic carbocycles. The molecule has 14 nitrogen and oxygen atoms in total. The molecule has 0 atom stereocenters. The maximum atomic E-state index is 13.7. The summed E-state index contributed by atoms with van der Waals surface area (Å²) in [6.07, 6.45) is 5.09. The summed E-state index contributed by atoms with van der Waals surface area (Å²) in [5.41, 5.74) is 10.3. The number of piperazine rings is 1. The van der Waals surface area contributed by atoms with Crippen molar-refractivity contribution in [3.8, 4) is 5.75 Å². The number of aliphatic imine (C=N–C) groups is 1. The number of allylic oxidation sites excluding steroid dienone is 1. The lowest BCUT2D eigenvalue weighted by Gasteiger charge is -2.43. The van der Waals surface area contributed by atoms with Gasteiger partial charge in [-0.05, 0) is 57.5 Å². The number of benzene rings is 2. The number of halogens is 3. The second-order valence-corrected chi connectivity index (χ2v) is 17.6. The van der Waals surface area contributed by atoms with Crippen molar-refractivity contribution in [3.63, 3.8) is 0 Å². The van der Waals surface area contributed by atoms with Crippen LogP contribution in [0.25, 0.3) is 27.6 Å². The van der Waals surface area contributed by atoms with Gasteiger partial charge in [-0.3, -0.25) is 19.9 Å². The van der Waals surface area contributed by atoms with E-state index < -0.39 is 19.9 Å². The molecule has 2 aliphatic rings. The molecular weight excluding hydrogens is 744 g/mol. The Morgan fingerprint density at radius 2 is 1.79 bits per heavy atom. The summed E-state index contributed by atoms with van der Waals surface area (Å²) < 4.78 is 60.3. The second kappa shape index (κ2) is 16.1. The van der Waals surface area contributed by atoms with Crippen molar-refractivity contribution in [3.05, 3.63) is 60.7 Å². The summed E-state index contributed by atoms with van der Waals surface area (Å²) in [4.78, 5) is 32.6. The third-order valence-electron chi connectivity index (χ3n) is 10.2. The number of H-pyrrole nitrogens is 1. The van der Waals surface area contributed by atoms with Crippen LogP contribution in [0.1, 0.15) is 18.4 Å². The van der Waals surface area contributed by atoms with Crippen LogP contribution in [0.3, 0.4) is 0 Å². The smallest absolute Gasteiger partial charge is 0.422 e. The van der Waals surface area contributed by atoms with Crippen LogP contribution >= 0.6 is 7.14 Å². The topological polar surface area (TPSA) is 166 Å². The molecule has 18 heteroatoms. The van der Waals surface area contributed by atoms with E-state index in [1.165, 1.54) is 6.20 Å². The first-order valence-electron chi connectivity index (χ1n) is 18.4. The van der Waals surface area contributed by atoms with Gasteiger partial charge in [-0.2, -0.15) is 23.1 Å². The van der Waals surface area contributed by atoms with Crippen LogP contribution in [0.2, 0.25) is 0 Å². The molecule has 2 fully saturated rings. The zero-order valence-electron chi connectivity index (χ0n) is 31.8. The number of rotatable bonds is 11. The largest absolute Gasteiger partial charge is 0.482 e. The first kappa shape index (κ1) is 39.0. The normalized spacial score (nSPS) is 17.0. The molecule has 5 N–H and O–H groups in total. The fourth-order valence-electron chi connectivity index (χ4n) is 7.45. The molecule has 0 saturated carbocycles. The van der Waals surface area contributed by atoms with Crippen LogP contribution in [-0.2, 0) is 4.57 Å². The minimum atomic E-state index is -4.59. The molecule has 0 spiro atoms. The number of alkyl halides is 3. The highest BCUT2D eigenvalue weighted by atomic mass is 31.2. The van der Waals surface area contributed by atoms with Gasteiger partial charge in [0.05, 0.1) is 27.6 Å². The first-order chi connectivity index (χ1) is 26.8. The highest BCUT2D eigenvalue weighted by Crippen LogP contribution is 2.42. The van der Waals surface area contributed by atoms with E-state index in [-0.39, 0.29) is 17.4 Å². The first-order valence-corrected chi connectivity index (χ1v) is 21.0. The molecule has 0 unspecified atom stereocenters. The quantitative estimate of drug-likeness (QED) is 0.0942. The minimum absolute atomic E-state index is 0.0370. The highest BCUT2D eigenvalue weighted by Gasteiger charge is 2.32. The number of fused-ring (bicyclic) bond motifs is 2. The van der Waals surface area contributed by atoms with E-state index in [0.717, 1.165) is 39.0 Å². The van der Waals surface area contributed by atoms with E-state index in [2.05, 4.69) is 57.3 Å². The predicted molar refractivity (Wildman–Crippen MR) is 218 cm³/mol. The molecular formula is C38H46F3N12O2P. The Labute approximate surface area is 322 Å². The van der Waals surface area contributed by atoms with Gasteiger partial charge in [-0.25, -0.2) is 0 Å². The number of anilines is 5. The number of piperidine rings is 1.